The number of amides is 1. The summed E-state index contributed by atoms with van der Waals surface area (Å²) < 4.78 is 7.16. The SMILES string of the molecule is COCCCn1ncc2ccc(C[C@H](C[C@H](NC(=O)O)[C@H](O)C[C@H](CO)C(C)C)C(C)C)cc21. The van der Waals surface area contributed by atoms with E-state index in [-0.39, 0.29) is 24.4 Å². The molecule has 2 rings (SSSR count). The second-order valence-electron chi connectivity index (χ2n) is 10.1. The zero-order chi connectivity index (χ0) is 25.3. The lowest BCUT2D eigenvalue weighted by atomic mass is 9.81. The minimum Gasteiger partial charge on any atom is -0.465 e. The van der Waals surface area contributed by atoms with E-state index in [1.165, 1.54) is 5.56 Å². The molecule has 0 radical (unpaired) electrons. The van der Waals surface area contributed by atoms with Crippen LogP contribution in [0.25, 0.3) is 10.9 Å². The zero-order valence-electron chi connectivity index (χ0n) is 21.3. The number of aliphatic hydroxyl groups is 2. The van der Waals surface area contributed by atoms with Gasteiger partial charge >= 0.3 is 6.09 Å². The van der Waals surface area contributed by atoms with E-state index in [9.17, 15) is 20.1 Å². The van der Waals surface area contributed by atoms with Crippen LogP contribution in [0.1, 0.15) is 52.5 Å². The maximum atomic E-state index is 11.5. The molecule has 0 unspecified atom stereocenters. The number of aliphatic hydroxyl groups excluding tert-OH is 2. The Morgan fingerprint density at radius 3 is 2.44 bits per heavy atom. The van der Waals surface area contributed by atoms with Crippen LogP contribution in [0.2, 0.25) is 0 Å². The maximum absolute atomic E-state index is 11.5. The van der Waals surface area contributed by atoms with Crippen molar-refractivity contribution in [2.45, 2.75) is 72.1 Å². The van der Waals surface area contributed by atoms with Gasteiger partial charge in [0.1, 0.15) is 0 Å². The first-order valence-electron chi connectivity index (χ1n) is 12.4. The molecule has 0 saturated carbocycles. The molecule has 0 bridgehead atoms. The summed E-state index contributed by atoms with van der Waals surface area (Å²) in [5.74, 6) is 0.588. The number of ether oxygens (including phenoxy) is 1. The van der Waals surface area contributed by atoms with Crippen molar-refractivity contribution < 1.29 is 24.9 Å². The molecule has 0 fully saturated rings. The second kappa shape index (κ2) is 13.7. The van der Waals surface area contributed by atoms with Gasteiger partial charge in [-0.3, -0.25) is 4.68 Å². The maximum Gasteiger partial charge on any atom is 0.404 e. The summed E-state index contributed by atoms with van der Waals surface area (Å²) >= 11 is 0. The number of aromatic nitrogens is 2. The van der Waals surface area contributed by atoms with Crippen molar-refractivity contribution in [1.82, 2.24) is 15.1 Å². The van der Waals surface area contributed by atoms with Crippen molar-refractivity contribution in [3.8, 4) is 0 Å². The van der Waals surface area contributed by atoms with Crippen LogP contribution in [0, 0.1) is 23.7 Å². The number of fused-ring (bicyclic) bond motifs is 1. The Labute approximate surface area is 203 Å². The summed E-state index contributed by atoms with van der Waals surface area (Å²) in [7, 11) is 1.70. The third-order valence-electron chi connectivity index (χ3n) is 6.92. The number of hydrogen-bond donors (Lipinski definition) is 4. The summed E-state index contributed by atoms with van der Waals surface area (Å²) in [6.07, 6.45) is 2.41. The van der Waals surface area contributed by atoms with Crippen LogP contribution in [0.3, 0.4) is 0 Å². The minimum absolute atomic E-state index is 0.0276. The molecule has 2 aromatic rings. The molecule has 1 amide bonds. The van der Waals surface area contributed by atoms with Crippen LogP contribution in [0.5, 0.6) is 0 Å². The fourth-order valence-electron chi connectivity index (χ4n) is 4.50. The van der Waals surface area contributed by atoms with Gasteiger partial charge in [0.05, 0.1) is 23.9 Å². The molecular formula is C26H43N3O5. The zero-order valence-corrected chi connectivity index (χ0v) is 21.3. The molecule has 0 saturated heterocycles. The summed E-state index contributed by atoms with van der Waals surface area (Å²) in [6, 6.07) is 5.76. The van der Waals surface area contributed by atoms with Gasteiger partial charge < -0.3 is 25.4 Å². The molecule has 192 valence electrons. The number of rotatable bonds is 15. The van der Waals surface area contributed by atoms with E-state index in [4.69, 9.17) is 4.74 Å². The fourth-order valence-corrected chi connectivity index (χ4v) is 4.50. The van der Waals surface area contributed by atoms with Crippen molar-refractivity contribution >= 4 is 17.0 Å². The van der Waals surface area contributed by atoms with Gasteiger partial charge in [-0.25, -0.2) is 4.79 Å². The minimum atomic E-state index is -1.14. The van der Waals surface area contributed by atoms with Crippen LogP contribution < -0.4 is 5.32 Å². The highest BCUT2D eigenvalue weighted by Crippen LogP contribution is 2.27. The smallest absolute Gasteiger partial charge is 0.404 e. The van der Waals surface area contributed by atoms with E-state index in [0.29, 0.717) is 25.4 Å². The van der Waals surface area contributed by atoms with Crippen molar-refractivity contribution in [2.24, 2.45) is 23.7 Å². The number of carboxylic acid groups (broad SMARTS) is 1. The number of nitrogens with zero attached hydrogens (tertiary/aromatic N) is 2. The van der Waals surface area contributed by atoms with E-state index in [2.05, 4.69) is 42.5 Å². The van der Waals surface area contributed by atoms with Crippen LogP contribution in [0.15, 0.2) is 24.4 Å². The van der Waals surface area contributed by atoms with Crippen molar-refractivity contribution in [3.05, 3.63) is 30.0 Å². The number of carbonyl (C=O) groups is 1. The van der Waals surface area contributed by atoms with Gasteiger partial charge in [0, 0.05) is 32.3 Å². The van der Waals surface area contributed by atoms with E-state index in [0.717, 1.165) is 30.3 Å². The molecule has 1 aromatic heterocycles. The first-order chi connectivity index (χ1) is 16.2. The van der Waals surface area contributed by atoms with Crippen molar-refractivity contribution in [1.29, 1.82) is 0 Å². The van der Waals surface area contributed by atoms with E-state index < -0.39 is 18.2 Å². The van der Waals surface area contributed by atoms with Crippen LogP contribution >= 0.6 is 0 Å². The normalized spacial score (nSPS) is 15.6. The van der Waals surface area contributed by atoms with Gasteiger partial charge in [-0.05, 0) is 61.0 Å². The average Bonchev–Trinajstić information content (AvgIpc) is 3.18. The summed E-state index contributed by atoms with van der Waals surface area (Å²) in [4.78, 5) is 11.5. The number of aryl methyl sites for hydroxylation is 1. The van der Waals surface area contributed by atoms with Gasteiger partial charge in [0.15, 0.2) is 0 Å². The Balaban J connectivity index is 2.18. The Morgan fingerprint density at radius 1 is 1.15 bits per heavy atom. The molecule has 8 nitrogen and oxygen atoms in total. The number of methoxy groups -OCH3 is 1. The second-order valence-corrected chi connectivity index (χ2v) is 10.1. The molecule has 1 aromatic carbocycles. The Kier molecular flexibility index (Phi) is 11.3. The molecule has 8 heteroatoms. The molecule has 34 heavy (non-hydrogen) atoms. The summed E-state index contributed by atoms with van der Waals surface area (Å²) in [6.45, 7) is 9.71. The number of hydrogen-bond acceptors (Lipinski definition) is 5. The van der Waals surface area contributed by atoms with Crippen molar-refractivity contribution in [2.75, 3.05) is 20.3 Å². The predicted octanol–water partition coefficient (Wildman–Crippen LogP) is 3.93. The first kappa shape index (κ1) is 28.1. The summed E-state index contributed by atoms with van der Waals surface area (Å²) in [5.41, 5.74) is 2.25. The Hall–Kier alpha value is -2.16. The number of benzene rings is 1. The van der Waals surface area contributed by atoms with Crippen LogP contribution in [-0.4, -0.2) is 63.7 Å². The largest absolute Gasteiger partial charge is 0.465 e. The lowest BCUT2D eigenvalue weighted by molar-refractivity contribution is 0.0581. The monoisotopic (exact) mass is 477 g/mol. The average molecular weight is 478 g/mol. The predicted molar refractivity (Wildman–Crippen MR) is 134 cm³/mol. The molecular weight excluding hydrogens is 434 g/mol. The molecule has 0 aliphatic carbocycles. The van der Waals surface area contributed by atoms with Gasteiger partial charge in [0.25, 0.3) is 0 Å². The quantitative estimate of drug-likeness (QED) is 0.289. The molecule has 1 heterocycles. The molecule has 0 aliphatic rings. The van der Waals surface area contributed by atoms with Crippen LogP contribution in [-0.2, 0) is 17.7 Å². The lowest BCUT2D eigenvalue weighted by Crippen LogP contribution is -2.46. The van der Waals surface area contributed by atoms with Gasteiger partial charge in [-0.2, -0.15) is 5.10 Å². The summed E-state index contributed by atoms with van der Waals surface area (Å²) in [5, 5.41) is 38.1. The highest BCUT2D eigenvalue weighted by atomic mass is 16.5. The molecule has 0 spiro atoms. The topological polar surface area (TPSA) is 117 Å². The number of nitrogens with one attached hydrogen (secondary N) is 1. The van der Waals surface area contributed by atoms with E-state index in [1.807, 2.05) is 24.7 Å². The third kappa shape index (κ3) is 8.25. The molecule has 0 aliphatic heterocycles. The fraction of sp³-hybridized carbons (Fsp3) is 0.692. The highest BCUT2D eigenvalue weighted by Gasteiger charge is 2.29. The Bertz CT molecular complexity index is 882. The standard InChI is InChI=1S/C26H43N3O5/c1-17(2)21(13-23(28-26(32)33)25(31)14-22(16-30)18(3)4)11-19-7-8-20-15-27-29(24(20)12-19)9-6-10-34-5/h7-8,12,15,17-18,21-23,25,28,30-31H,6,9-11,13-14,16H2,1-5H3,(H,32,33)/t21-,22-,23+,25-/m1/s1. The Morgan fingerprint density at radius 2 is 1.85 bits per heavy atom. The van der Waals surface area contributed by atoms with E-state index >= 15 is 0 Å². The van der Waals surface area contributed by atoms with Gasteiger partial charge in [-0.1, -0.05) is 39.8 Å². The lowest BCUT2D eigenvalue weighted by Gasteiger charge is -2.31. The first-order valence-corrected chi connectivity index (χ1v) is 12.4. The highest BCUT2D eigenvalue weighted by molar-refractivity contribution is 5.79. The third-order valence-corrected chi connectivity index (χ3v) is 6.92. The molecule has 4 atom stereocenters. The van der Waals surface area contributed by atoms with Crippen molar-refractivity contribution in [3.63, 3.8) is 0 Å². The van der Waals surface area contributed by atoms with E-state index in [1.54, 1.807) is 7.11 Å². The van der Waals surface area contributed by atoms with Gasteiger partial charge in [0.2, 0.25) is 0 Å². The van der Waals surface area contributed by atoms with Crippen LogP contribution in [0.4, 0.5) is 4.79 Å². The molecule has 4 N–H and O–H groups in total. The van der Waals surface area contributed by atoms with Gasteiger partial charge in [-0.15, -0.1) is 0 Å².